The molecule has 0 spiro atoms. The highest BCUT2D eigenvalue weighted by molar-refractivity contribution is 7.86. The topological polar surface area (TPSA) is 66.4 Å². The van der Waals surface area contributed by atoms with E-state index in [2.05, 4.69) is 11.9 Å². The summed E-state index contributed by atoms with van der Waals surface area (Å²) in [6, 6.07) is 0. The van der Waals surface area contributed by atoms with E-state index in [1.807, 2.05) is 0 Å². The maximum absolute atomic E-state index is 10.8. The van der Waals surface area contributed by atoms with E-state index in [0.29, 0.717) is 6.54 Å². The number of hydrogen-bond acceptors (Lipinski definition) is 3. The summed E-state index contributed by atoms with van der Waals surface area (Å²) in [6.45, 7) is 9.26. The van der Waals surface area contributed by atoms with Gasteiger partial charge in [-0.1, -0.05) is 26.0 Å². The minimum Gasteiger partial charge on any atom is -0.295 e. The Morgan fingerprint density at radius 3 is 2.23 bits per heavy atom. The Labute approximate surface area is 79.8 Å². The quantitative estimate of drug-likeness (QED) is 0.522. The molecule has 0 aromatic carbocycles. The Balaban J connectivity index is 4.38. The molecule has 0 bridgehead atoms. The molecule has 0 radical (unpaired) electrons. The van der Waals surface area contributed by atoms with Crippen LogP contribution in [-0.2, 0) is 10.1 Å². The standard InChI is InChI=1S/C8H17NO3S/c1-6(2)5-9-8(7(3)4)13(10,11)12/h7-9H,1,5H2,2-4H3,(H,10,11,12). The van der Waals surface area contributed by atoms with Gasteiger partial charge in [-0.05, 0) is 12.8 Å². The van der Waals surface area contributed by atoms with Crippen molar-refractivity contribution in [1.29, 1.82) is 0 Å². The summed E-state index contributed by atoms with van der Waals surface area (Å²) >= 11 is 0. The molecule has 4 nitrogen and oxygen atoms in total. The summed E-state index contributed by atoms with van der Waals surface area (Å²) in [6.07, 6.45) is 0. The molecular formula is C8H17NO3S. The molecule has 2 N–H and O–H groups in total. The Bertz CT molecular complexity index is 269. The van der Waals surface area contributed by atoms with Crippen molar-refractivity contribution in [2.45, 2.75) is 26.1 Å². The van der Waals surface area contributed by atoms with Crippen molar-refractivity contribution in [3.8, 4) is 0 Å². The molecule has 0 fully saturated rings. The molecule has 0 aliphatic rings. The Morgan fingerprint density at radius 2 is 2.00 bits per heavy atom. The highest BCUT2D eigenvalue weighted by Crippen LogP contribution is 2.07. The Morgan fingerprint density at radius 1 is 1.54 bits per heavy atom. The SMILES string of the molecule is C=C(C)CNC(C(C)C)S(=O)(=O)O. The molecule has 0 aliphatic carbocycles. The second-order valence-corrected chi connectivity index (χ2v) is 5.06. The maximum atomic E-state index is 10.8. The van der Waals surface area contributed by atoms with Gasteiger partial charge in [0.2, 0.25) is 0 Å². The van der Waals surface area contributed by atoms with Crippen LogP contribution in [0, 0.1) is 5.92 Å². The lowest BCUT2D eigenvalue weighted by molar-refractivity contribution is 0.416. The zero-order valence-electron chi connectivity index (χ0n) is 8.24. The Hall–Kier alpha value is -0.390. The van der Waals surface area contributed by atoms with E-state index in [4.69, 9.17) is 4.55 Å². The summed E-state index contributed by atoms with van der Waals surface area (Å²) in [5, 5.41) is 1.81. The first-order valence-electron chi connectivity index (χ1n) is 4.09. The molecule has 13 heavy (non-hydrogen) atoms. The van der Waals surface area contributed by atoms with Crippen molar-refractivity contribution >= 4 is 10.1 Å². The molecule has 78 valence electrons. The molecule has 1 unspecified atom stereocenters. The lowest BCUT2D eigenvalue weighted by Gasteiger charge is -2.19. The summed E-state index contributed by atoms with van der Waals surface area (Å²) < 4.78 is 30.5. The van der Waals surface area contributed by atoms with Gasteiger partial charge in [-0.15, -0.1) is 0 Å². The van der Waals surface area contributed by atoms with Gasteiger partial charge in [0, 0.05) is 6.54 Å². The van der Waals surface area contributed by atoms with E-state index in [1.165, 1.54) is 0 Å². The van der Waals surface area contributed by atoms with E-state index in [9.17, 15) is 8.42 Å². The highest BCUT2D eigenvalue weighted by Gasteiger charge is 2.25. The lowest BCUT2D eigenvalue weighted by Crippen LogP contribution is -2.41. The first kappa shape index (κ1) is 12.6. The third-order valence-electron chi connectivity index (χ3n) is 1.53. The van der Waals surface area contributed by atoms with Gasteiger partial charge in [-0.25, -0.2) is 0 Å². The summed E-state index contributed by atoms with van der Waals surface area (Å²) in [7, 11) is -4.01. The van der Waals surface area contributed by atoms with Crippen LogP contribution in [0.3, 0.4) is 0 Å². The van der Waals surface area contributed by atoms with Crippen molar-refractivity contribution in [3.63, 3.8) is 0 Å². The van der Waals surface area contributed by atoms with Gasteiger partial charge in [0.05, 0.1) is 0 Å². The van der Waals surface area contributed by atoms with Crippen LogP contribution in [0.15, 0.2) is 12.2 Å². The monoisotopic (exact) mass is 207 g/mol. The van der Waals surface area contributed by atoms with Crippen molar-refractivity contribution in [2.24, 2.45) is 5.92 Å². The largest absolute Gasteiger partial charge is 0.295 e. The smallest absolute Gasteiger partial charge is 0.281 e. The second-order valence-electron chi connectivity index (χ2n) is 3.52. The lowest BCUT2D eigenvalue weighted by atomic mass is 10.2. The average molecular weight is 207 g/mol. The van der Waals surface area contributed by atoms with Crippen LogP contribution in [0.1, 0.15) is 20.8 Å². The molecule has 0 aromatic rings. The highest BCUT2D eigenvalue weighted by atomic mass is 32.2. The minimum absolute atomic E-state index is 0.172. The fourth-order valence-corrected chi connectivity index (χ4v) is 1.94. The van der Waals surface area contributed by atoms with E-state index < -0.39 is 15.5 Å². The van der Waals surface area contributed by atoms with Crippen LogP contribution in [0.4, 0.5) is 0 Å². The number of nitrogens with one attached hydrogen (secondary N) is 1. The van der Waals surface area contributed by atoms with Crippen LogP contribution in [-0.4, -0.2) is 24.9 Å². The molecule has 5 heteroatoms. The van der Waals surface area contributed by atoms with Crippen LogP contribution < -0.4 is 5.32 Å². The van der Waals surface area contributed by atoms with Crippen molar-refractivity contribution < 1.29 is 13.0 Å². The predicted molar refractivity (Wildman–Crippen MR) is 53.0 cm³/mol. The molecule has 0 aromatic heterocycles. The summed E-state index contributed by atoms with van der Waals surface area (Å²) in [4.78, 5) is 0. The second kappa shape index (κ2) is 4.74. The fraction of sp³-hybridized carbons (Fsp3) is 0.750. The predicted octanol–water partition coefficient (Wildman–Crippen LogP) is 1.02. The summed E-state index contributed by atoms with van der Waals surface area (Å²) in [5.74, 6) is -0.172. The van der Waals surface area contributed by atoms with Gasteiger partial charge >= 0.3 is 0 Å². The molecule has 1 atom stereocenters. The van der Waals surface area contributed by atoms with Gasteiger partial charge in [0.25, 0.3) is 10.1 Å². The van der Waals surface area contributed by atoms with Gasteiger partial charge in [-0.3, -0.25) is 9.87 Å². The third-order valence-corrected chi connectivity index (χ3v) is 2.88. The molecule has 0 saturated carbocycles. The molecular weight excluding hydrogens is 190 g/mol. The van der Waals surface area contributed by atoms with Crippen LogP contribution >= 0.6 is 0 Å². The van der Waals surface area contributed by atoms with Crippen molar-refractivity contribution in [2.75, 3.05) is 6.54 Å². The molecule has 0 rings (SSSR count). The molecule has 0 aliphatic heterocycles. The van der Waals surface area contributed by atoms with Gasteiger partial charge in [-0.2, -0.15) is 8.42 Å². The number of rotatable bonds is 5. The van der Waals surface area contributed by atoms with Gasteiger partial charge in [0.1, 0.15) is 5.37 Å². The Kier molecular flexibility index (Phi) is 4.60. The first-order chi connectivity index (χ1) is 5.75. The summed E-state index contributed by atoms with van der Waals surface area (Å²) in [5.41, 5.74) is 0.828. The van der Waals surface area contributed by atoms with Crippen LogP contribution in [0.2, 0.25) is 0 Å². The van der Waals surface area contributed by atoms with E-state index in [1.54, 1.807) is 20.8 Å². The van der Waals surface area contributed by atoms with Gasteiger partial charge < -0.3 is 0 Å². The maximum Gasteiger partial charge on any atom is 0.281 e. The fourth-order valence-electron chi connectivity index (χ4n) is 0.960. The molecule has 0 heterocycles. The first-order valence-corrected chi connectivity index (χ1v) is 5.59. The number of hydrogen-bond donors (Lipinski definition) is 2. The molecule has 0 saturated heterocycles. The van der Waals surface area contributed by atoms with E-state index in [-0.39, 0.29) is 5.92 Å². The average Bonchev–Trinajstić information content (AvgIpc) is 1.81. The van der Waals surface area contributed by atoms with Crippen LogP contribution in [0.25, 0.3) is 0 Å². The van der Waals surface area contributed by atoms with Crippen molar-refractivity contribution in [3.05, 3.63) is 12.2 Å². The van der Waals surface area contributed by atoms with Crippen LogP contribution in [0.5, 0.6) is 0 Å². The van der Waals surface area contributed by atoms with E-state index in [0.717, 1.165) is 5.57 Å². The third kappa shape index (κ3) is 5.02. The minimum atomic E-state index is -4.01. The normalized spacial score (nSPS) is 14.5. The zero-order valence-corrected chi connectivity index (χ0v) is 9.06. The van der Waals surface area contributed by atoms with Gasteiger partial charge in [0.15, 0.2) is 0 Å². The van der Waals surface area contributed by atoms with E-state index >= 15 is 0 Å². The van der Waals surface area contributed by atoms with Crippen molar-refractivity contribution in [1.82, 2.24) is 5.32 Å². The zero-order chi connectivity index (χ0) is 10.6. The molecule has 0 amide bonds.